The summed E-state index contributed by atoms with van der Waals surface area (Å²) in [5, 5.41) is 6.01. The van der Waals surface area contributed by atoms with Crippen molar-refractivity contribution < 1.29 is 9.53 Å². The van der Waals surface area contributed by atoms with E-state index in [-0.39, 0.29) is 5.91 Å². The maximum atomic E-state index is 10.9. The van der Waals surface area contributed by atoms with Gasteiger partial charge in [0, 0.05) is 31.5 Å². The number of ether oxygens (including phenoxy) is 1. The van der Waals surface area contributed by atoms with Gasteiger partial charge in [-0.05, 0) is 36.6 Å². The molecule has 0 radical (unpaired) electrons. The third-order valence-corrected chi connectivity index (χ3v) is 2.62. The van der Waals surface area contributed by atoms with Gasteiger partial charge < -0.3 is 15.4 Å². The third kappa shape index (κ3) is 7.47. The Balaban J connectivity index is 2.17. The molecule has 1 rings (SSSR count). The highest BCUT2D eigenvalue weighted by molar-refractivity contribution is 5.88. The highest BCUT2D eigenvalue weighted by atomic mass is 16.5. The van der Waals surface area contributed by atoms with E-state index in [1.165, 1.54) is 6.92 Å². The summed E-state index contributed by atoms with van der Waals surface area (Å²) >= 11 is 0. The summed E-state index contributed by atoms with van der Waals surface area (Å²) in [6.45, 7) is 8.20. The summed E-state index contributed by atoms with van der Waals surface area (Å²) in [4.78, 5) is 10.9. The molecular weight excluding hydrogens is 240 g/mol. The number of hydrogen-bond acceptors (Lipinski definition) is 3. The number of benzene rings is 1. The average molecular weight is 264 g/mol. The van der Waals surface area contributed by atoms with Crippen molar-refractivity contribution in [3.63, 3.8) is 0 Å². The second kappa shape index (κ2) is 8.53. The van der Waals surface area contributed by atoms with Crippen LogP contribution in [0.1, 0.15) is 27.2 Å². The van der Waals surface area contributed by atoms with Gasteiger partial charge in [0.1, 0.15) is 0 Å². The zero-order valence-corrected chi connectivity index (χ0v) is 12.0. The highest BCUT2D eigenvalue weighted by Gasteiger charge is 1.97. The molecule has 0 aliphatic heterocycles. The summed E-state index contributed by atoms with van der Waals surface area (Å²) in [5.74, 6) is 0.633. The lowest BCUT2D eigenvalue weighted by Gasteiger charge is -2.09. The van der Waals surface area contributed by atoms with Crippen LogP contribution in [0.25, 0.3) is 0 Å². The van der Waals surface area contributed by atoms with Crippen LogP contribution in [0.4, 0.5) is 11.4 Å². The van der Waals surface area contributed by atoms with Gasteiger partial charge >= 0.3 is 0 Å². The van der Waals surface area contributed by atoms with Gasteiger partial charge in [-0.1, -0.05) is 13.8 Å². The Morgan fingerprint density at radius 2 is 1.79 bits per heavy atom. The molecule has 1 amide bonds. The minimum absolute atomic E-state index is 0.0562. The molecule has 0 saturated carbocycles. The largest absolute Gasteiger partial charge is 0.383 e. The zero-order valence-electron chi connectivity index (χ0n) is 12.0. The minimum atomic E-state index is -0.0562. The van der Waals surface area contributed by atoms with E-state index < -0.39 is 0 Å². The van der Waals surface area contributed by atoms with Crippen molar-refractivity contribution in [3.8, 4) is 0 Å². The smallest absolute Gasteiger partial charge is 0.221 e. The lowest BCUT2D eigenvalue weighted by Crippen LogP contribution is -2.11. The number of amides is 1. The fraction of sp³-hybridized carbons (Fsp3) is 0.533. The van der Waals surface area contributed by atoms with Crippen molar-refractivity contribution in [2.24, 2.45) is 5.92 Å². The molecule has 0 atom stereocenters. The summed E-state index contributed by atoms with van der Waals surface area (Å²) in [5.41, 5.74) is 1.84. The molecule has 0 aromatic heterocycles. The number of carbonyl (C=O) groups is 1. The molecule has 1 aromatic rings. The van der Waals surface area contributed by atoms with E-state index in [0.717, 1.165) is 30.9 Å². The Kier molecular flexibility index (Phi) is 6.97. The molecule has 4 nitrogen and oxygen atoms in total. The van der Waals surface area contributed by atoms with E-state index in [0.29, 0.717) is 12.5 Å². The molecular formula is C15H24N2O2. The normalized spacial score (nSPS) is 10.5. The van der Waals surface area contributed by atoms with Gasteiger partial charge in [0.15, 0.2) is 0 Å². The monoisotopic (exact) mass is 264 g/mol. The Hall–Kier alpha value is -1.55. The molecule has 0 fully saturated rings. The van der Waals surface area contributed by atoms with Crippen LogP contribution in [-0.4, -0.2) is 25.7 Å². The molecule has 4 heteroatoms. The van der Waals surface area contributed by atoms with Crippen molar-refractivity contribution in [1.82, 2.24) is 0 Å². The van der Waals surface area contributed by atoms with Gasteiger partial charge in [-0.2, -0.15) is 0 Å². The van der Waals surface area contributed by atoms with Gasteiger partial charge in [-0.15, -0.1) is 0 Å². The first kappa shape index (κ1) is 15.5. The first-order valence-electron chi connectivity index (χ1n) is 6.77. The van der Waals surface area contributed by atoms with Gasteiger partial charge in [0.2, 0.25) is 5.91 Å². The molecule has 0 aliphatic carbocycles. The molecule has 106 valence electrons. The van der Waals surface area contributed by atoms with Gasteiger partial charge in [0.05, 0.1) is 6.61 Å². The Morgan fingerprint density at radius 1 is 1.16 bits per heavy atom. The maximum absolute atomic E-state index is 10.9. The predicted octanol–water partition coefficient (Wildman–Crippen LogP) is 3.12. The lowest BCUT2D eigenvalue weighted by atomic mass is 10.1. The van der Waals surface area contributed by atoms with Crippen molar-refractivity contribution >= 4 is 17.3 Å². The van der Waals surface area contributed by atoms with Gasteiger partial charge in [-0.25, -0.2) is 0 Å². The molecule has 0 saturated heterocycles. The number of anilines is 2. The van der Waals surface area contributed by atoms with Crippen molar-refractivity contribution in [3.05, 3.63) is 24.3 Å². The number of hydrogen-bond donors (Lipinski definition) is 2. The number of rotatable bonds is 8. The van der Waals surface area contributed by atoms with Crippen LogP contribution in [-0.2, 0) is 9.53 Å². The predicted molar refractivity (Wildman–Crippen MR) is 79.5 cm³/mol. The molecule has 0 unspecified atom stereocenters. The standard InChI is InChI=1S/C15H24N2O2/c1-12(2)8-10-19-11-9-16-14-4-6-15(7-5-14)17-13(3)18/h4-7,12,16H,8-11H2,1-3H3,(H,17,18). The summed E-state index contributed by atoms with van der Waals surface area (Å²) in [6.07, 6.45) is 1.10. The zero-order chi connectivity index (χ0) is 14.1. The third-order valence-electron chi connectivity index (χ3n) is 2.62. The van der Waals surface area contributed by atoms with E-state index in [4.69, 9.17) is 4.74 Å². The van der Waals surface area contributed by atoms with Crippen LogP contribution >= 0.6 is 0 Å². The Bertz CT molecular complexity index is 374. The van der Waals surface area contributed by atoms with E-state index in [9.17, 15) is 4.79 Å². The summed E-state index contributed by atoms with van der Waals surface area (Å²) in [7, 11) is 0. The van der Waals surface area contributed by atoms with Crippen LogP contribution < -0.4 is 10.6 Å². The second-order valence-corrected chi connectivity index (χ2v) is 4.98. The minimum Gasteiger partial charge on any atom is -0.383 e. The number of nitrogens with one attached hydrogen (secondary N) is 2. The Labute approximate surface area is 115 Å². The molecule has 0 heterocycles. The summed E-state index contributed by atoms with van der Waals surface area (Å²) < 4.78 is 5.52. The van der Waals surface area contributed by atoms with Gasteiger partial charge in [0.25, 0.3) is 0 Å². The first-order chi connectivity index (χ1) is 9.08. The molecule has 0 spiro atoms. The molecule has 0 bridgehead atoms. The van der Waals surface area contributed by atoms with Crippen molar-refractivity contribution in [2.45, 2.75) is 27.2 Å². The quantitative estimate of drug-likeness (QED) is 0.709. The van der Waals surface area contributed by atoms with E-state index in [1.807, 2.05) is 24.3 Å². The topological polar surface area (TPSA) is 50.4 Å². The fourth-order valence-electron chi connectivity index (χ4n) is 1.56. The number of carbonyl (C=O) groups excluding carboxylic acids is 1. The highest BCUT2D eigenvalue weighted by Crippen LogP contribution is 2.13. The average Bonchev–Trinajstić information content (AvgIpc) is 2.34. The van der Waals surface area contributed by atoms with Crippen LogP contribution in [0, 0.1) is 5.92 Å². The van der Waals surface area contributed by atoms with E-state index in [1.54, 1.807) is 0 Å². The molecule has 2 N–H and O–H groups in total. The molecule has 1 aromatic carbocycles. The lowest BCUT2D eigenvalue weighted by molar-refractivity contribution is -0.114. The van der Waals surface area contributed by atoms with Crippen LogP contribution in [0.2, 0.25) is 0 Å². The van der Waals surface area contributed by atoms with Crippen LogP contribution in [0.3, 0.4) is 0 Å². The fourth-order valence-corrected chi connectivity index (χ4v) is 1.56. The second-order valence-electron chi connectivity index (χ2n) is 4.98. The van der Waals surface area contributed by atoms with Crippen molar-refractivity contribution in [1.29, 1.82) is 0 Å². The summed E-state index contributed by atoms with van der Waals surface area (Å²) in [6, 6.07) is 7.64. The molecule has 0 aliphatic rings. The Morgan fingerprint density at radius 3 is 2.37 bits per heavy atom. The van der Waals surface area contributed by atoms with Crippen molar-refractivity contribution in [2.75, 3.05) is 30.4 Å². The SMILES string of the molecule is CC(=O)Nc1ccc(NCCOCCC(C)C)cc1. The first-order valence-corrected chi connectivity index (χ1v) is 6.77. The van der Waals surface area contributed by atoms with E-state index in [2.05, 4.69) is 24.5 Å². The molecule has 19 heavy (non-hydrogen) atoms. The van der Waals surface area contributed by atoms with E-state index >= 15 is 0 Å². The maximum Gasteiger partial charge on any atom is 0.221 e. The van der Waals surface area contributed by atoms with Crippen LogP contribution in [0.5, 0.6) is 0 Å². The van der Waals surface area contributed by atoms with Gasteiger partial charge in [-0.3, -0.25) is 4.79 Å². The van der Waals surface area contributed by atoms with Crippen LogP contribution in [0.15, 0.2) is 24.3 Å².